The molecule has 1 aliphatic heterocycles. The first-order valence-electron chi connectivity index (χ1n) is 5.71. The third kappa shape index (κ3) is 2.49. The number of alkyl halides is 3. The molecule has 108 valence electrons. The maximum absolute atomic E-state index is 12.7. The molecule has 2 heterocycles. The molecule has 4 nitrogen and oxygen atoms in total. The number of benzene rings is 1. The van der Waals surface area contributed by atoms with Gasteiger partial charge in [-0.2, -0.15) is 23.7 Å². The summed E-state index contributed by atoms with van der Waals surface area (Å²) in [5.74, 6) is 0. The van der Waals surface area contributed by atoms with Gasteiger partial charge in [-0.05, 0) is 18.2 Å². The predicted octanol–water partition coefficient (Wildman–Crippen LogP) is 4.11. The second-order valence-corrected chi connectivity index (χ2v) is 6.12. The standard InChI is InChI=1S/C13H3F3N4S2/c14-13(15,16)6-1-2-7-8(3-6)20-12-11(19-7)21-9(4-17)10(5-18)22-12/h1-3H. The Morgan fingerprint density at radius 3 is 1.95 bits per heavy atom. The van der Waals surface area contributed by atoms with Gasteiger partial charge in [0.15, 0.2) is 0 Å². The summed E-state index contributed by atoms with van der Waals surface area (Å²) in [5.41, 5.74) is -0.409. The van der Waals surface area contributed by atoms with E-state index < -0.39 is 11.7 Å². The molecule has 1 aromatic carbocycles. The Morgan fingerprint density at radius 2 is 1.45 bits per heavy atom. The van der Waals surface area contributed by atoms with E-state index in [1.807, 2.05) is 12.1 Å². The predicted molar refractivity (Wildman–Crippen MR) is 74.5 cm³/mol. The largest absolute Gasteiger partial charge is 0.416 e. The Bertz CT molecular complexity index is 906. The number of hydrogen-bond donors (Lipinski definition) is 0. The molecule has 1 aromatic heterocycles. The quantitative estimate of drug-likeness (QED) is 0.721. The zero-order chi connectivity index (χ0) is 15.9. The van der Waals surface area contributed by atoms with Gasteiger partial charge in [0.05, 0.1) is 16.6 Å². The maximum atomic E-state index is 12.7. The van der Waals surface area contributed by atoms with Crippen molar-refractivity contribution in [2.45, 2.75) is 16.2 Å². The molecule has 0 amide bonds. The van der Waals surface area contributed by atoms with Crippen LogP contribution in [0.1, 0.15) is 5.56 Å². The first-order chi connectivity index (χ1) is 10.4. The van der Waals surface area contributed by atoms with Gasteiger partial charge in [0.1, 0.15) is 32.0 Å². The van der Waals surface area contributed by atoms with Gasteiger partial charge in [0, 0.05) is 0 Å². The van der Waals surface area contributed by atoms with Crippen molar-refractivity contribution in [2.75, 3.05) is 0 Å². The normalized spacial score (nSPS) is 14.4. The average molecular weight is 336 g/mol. The Kier molecular flexibility index (Phi) is 3.47. The molecule has 0 atom stereocenters. The van der Waals surface area contributed by atoms with E-state index in [4.69, 9.17) is 10.5 Å². The molecule has 0 bridgehead atoms. The molecule has 0 saturated carbocycles. The monoisotopic (exact) mass is 336 g/mol. The van der Waals surface area contributed by atoms with Crippen LogP contribution in [0.4, 0.5) is 13.2 Å². The van der Waals surface area contributed by atoms with Gasteiger partial charge in [-0.25, -0.2) is 9.97 Å². The lowest BCUT2D eigenvalue weighted by molar-refractivity contribution is -0.137. The highest BCUT2D eigenvalue weighted by Gasteiger charge is 2.31. The minimum absolute atomic E-state index is 0.0966. The first kappa shape index (κ1) is 14.7. The van der Waals surface area contributed by atoms with Gasteiger partial charge in [-0.3, -0.25) is 0 Å². The Morgan fingerprint density at radius 1 is 0.909 bits per heavy atom. The molecule has 0 unspecified atom stereocenters. The van der Waals surface area contributed by atoms with Crippen LogP contribution in [0, 0.1) is 22.7 Å². The van der Waals surface area contributed by atoms with E-state index in [0.29, 0.717) is 15.6 Å². The lowest BCUT2D eigenvalue weighted by atomic mass is 10.2. The second kappa shape index (κ2) is 5.20. The van der Waals surface area contributed by atoms with Crippen LogP contribution in [0.5, 0.6) is 0 Å². The van der Waals surface area contributed by atoms with E-state index in [0.717, 1.165) is 35.7 Å². The van der Waals surface area contributed by atoms with Gasteiger partial charge in [0.25, 0.3) is 0 Å². The van der Waals surface area contributed by atoms with Crippen LogP contribution in [0.25, 0.3) is 11.0 Å². The summed E-state index contributed by atoms with van der Waals surface area (Å²) >= 11 is 1.93. The molecule has 0 fully saturated rings. The molecule has 0 saturated heterocycles. The number of nitrogens with zero attached hydrogens (tertiary/aromatic N) is 4. The highest BCUT2D eigenvalue weighted by Crippen LogP contribution is 2.45. The van der Waals surface area contributed by atoms with Crippen molar-refractivity contribution < 1.29 is 13.2 Å². The zero-order valence-corrected chi connectivity index (χ0v) is 12.1. The zero-order valence-electron chi connectivity index (χ0n) is 10.5. The third-order valence-electron chi connectivity index (χ3n) is 2.74. The Balaban J connectivity index is 2.14. The van der Waals surface area contributed by atoms with Gasteiger partial charge >= 0.3 is 6.18 Å². The van der Waals surface area contributed by atoms with Crippen LogP contribution in [0.15, 0.2) is 38.1 Å². The van der Waals surface area contributed by atoms with Crippen molar-refractivity contribution in [3.8, 4) is 12.1 Å². The number of allylic oxidation sites excluding steroid dienone is 2. The van der Waals surface area contributed by atoms with Crippen molar-refractivity contribution in [1.29, 1.82) is 10.5 Å². The van der Waals surface area contributed by atoms with Crippen LogP contribution in [-0.2, 0) is 6.18 Å². The highest BCUT2D eigenvalue weighted by atomic mass is 32.2. The molecule has 2 aromatic rings. The summed E-state index contributed by atoms with van der Waals surface area (Å²) in [4.78, 5) is 8.74. The summed E-state index contributed by atoms with van der Waals surface area (Å²) in [7, 11) is 0. The maximum Gasteiger partial charge on any atom is 0.416 e. The Labute approximate surface area is 130 Å². The number of rotatable bonds is 0. The summed E-state index contributed by atoms with van der Waals surface area (Å²) in [6.07, 6.45) is -4.46. The van der Waals surface area contributed by atoms with Crippen LogP contribution in [0.3, 0.4) is 0 Å². The molecule has 22 heavy (non-hydrogen) atoms. The van der Waals surface area contributed by atoms with E-state index >= 15 is 0 Å². The molecular formula is C13H3F3N4S2. The number of halogens is 3. The minimum atomic E-state index is -4.46. The van der Waals surface area contributed by atoms with E-state index in [1.54, 1.807) is 0 Å². The fourth-order valence-corrected chi connectivity index (χ4v) is 3.57. The summed E-state index contributed by atoms with van der Waals surface area (Å²) in [5, 5.41) is 18.7. The third-order valence-corrected chi connectivity index (χ3v) is 4.95. The van der Waals surface area contributed by atoms with Gasteiger partial charge < -0.3 is 0 Å². The average Bonchev–Trinajstić information content (AvgIpc) is 2.50. The molecular weight excluding hydrogens is 333 g/mol. The van der Waals surface area contributed by atoms with E-state index in [1.165, 1.54) is 6.07 Å². The smallest absolute Gasteiger partial charge is 0.237 e. The number of fused-ring (bicyclic) bond motifs is 2. The summed E-state index contributed by atoms with van der Waals surface area (Å²) < 4.78 is 38.2. The number of nitriles is 2. The molecule has 1 aliphatic rings. The molecule has 3 rings (SSSR count). The highest BCUT2D eigenvalue weighted by molar-refractivity contribution is 8.09. The van der Waals surface area contributed by atoms with Crippen molar-refractivity contribution in [1.82, 2.24) is 9.97 Å². The lowest BCUT2D eigenvalue weighted by Crippen LogP contribution is -2.05. The SMILES string of the molecule is N#CC1=C(C#N)Sc2nc3cc(C(F)(F)F)ccc3nc2S1. The van der Waals surface area contributed by atoms with Crippen molar-refractivity contribution in [3.63, 3.8) is 0 Å². The lowest BCUT2D eigenvalue weighted by Gasteiger charge is -2.14. The van der Waals surface area contributed by atoms with Crippen molar-refractivity contribution in [3.05, 3.63) is 33.6 Å². The fourth-order valence-electron chi connectivity index (χ4n) is 1.76. The van der Waals surface area contributed by atoms with E-state index in [9.17, 15) is 13.2 Å². The van der Waals surface area contributed by atoms with Crippen molar-refractivity contribution in [2.24, 2.45) is 0 Å². The molecule has 9 heteroatoms. The van der Waals surface area contributed by atoms with E-state index in [-0.39, 0.29) is 15.3 Å². The van der Waals surface area contributed by atoms with Crippen LogP contribution in [0.2, 0.25) is 0 Å². The van der Waals surface area contributed by atoms with E-state index in [2.05, 4.69) is 9.97 Å². The van der Waals surface area contributed by atoms with Gasteiger partial charge in [0.2, 0.25) is 0 Å². The first-order valence-corrected chi connectivity index (χ1v) is 7.35. The molecule has 0 radical (unpaired) electrons. The Hall–Kier alpha value is -2.23. The van der Waals surface area contributed by atoms with Crippen LogP contribution >= 0.6 is 23.5 Å². The minimum Gasteiger partial charge on any atom is -0.237 e. The molecule has 0 N–H and O–H groups in total. The summed E-state index contributed by atoms with van der Waals surface area (Å²) in [6.45, 7) is 0. The molecule has 0 aliphatic carbocycles. The molecule has 0 spiro atoms. The fraction of sp³-hybridized carbons (Fsp3) is 0.0769. The topological polar surface area (TPSA) is 73.4 Å². The van der Waals surface area contributed by atoms with Crippen LogP contribution < -0.4 is 0 Å². The van der Waals surface area contributed by atoms with Crippen molar-refractivity contribution >= 4 is 34.6 Å². The number of thioether (sulfide) groups is 2. The van der Waals surface area contributed by atoms with Crippen LogP contribution in [-0.4, -0.2) is 9.97 Å². The second-order valence-electron chi connectivity index (χ2n) is 4.12. The number of hydrogen-bond acceptors (Lipinski definition) is 6. The van der Waals surface area contributed by atoms with Gasteiger partial charge in [-0.1, -0.05) is 23.5 Å². The van der Waals surface area contributed by atoms with Gasteiger partial charge in [-0.15, -0.1) is 0 Å². The number of aromatic nitrogens is 2. The summed E-state index contributed by atoms with van der Waals surface area (Å²) in [6, 6.07) is 6.89.